The van der Waals surface area contributed by atoms with Crippen LogP contribution in [0.1, 0.15) is 76.4 Å². The molecule has 1 aromatic heterocycles. The second-order valence-corrected chi connectivity index (χ2v) is 10.5. The molecule has 1 heterocycles. The van der Waals surface area contributed by atoms with Gasteiger partial charge in [0.2, 0.25) is 5.91 Å². The molecule has 5 N–H and O–H groups in total. The summed E-state index contributed by atoms with van der Waals surface area (Å²) in [7, 11) is 1.50. The summed E-state index contributed by atoms with van der Waals surface area (Å²) in [5, 5.41) is 3.18. The minimum absolute atomic E-state index is 0.00115. The number of nitrogens with two attached hydrogens (primary N) is 2. The number of aromatic nitrogens is 1. The second-order valence-electron chi connectivity index (χ2n) is 9.74. The Balaban J connectivity index is 1.89. The Kier molecular flexibility index (Phi) is 9.26. The molecule has 0 saturated heterocycles. The number of aryl methyl sites for hydroxylation is 1. The molecule has 40 heavy (non-hydrogen) atoms. The number of anilines is 2. The van der Waals surface area contributed by atoms with Gasteiger partial charge in [0.05, 0.1) is 25.1 Å². The normalized spacial score (nSPS) is 14.3. The third-order valence-electron chi connectivity index (χ3n) is 6.93. The van der Waals surface area contributed by atoms with Crippen LogP contribution in [0, 0.1) is 6.92 Å². The van der Waals surface area contributed by atoms with Crippen LogP contribution < -0.4 is 31.2 Å². The first-order chi connectivity index (χ1) is 19.2. The van der Waals surface area contributed by atoms with Crippen LogP contribution in [-0.4, -0.2) is 41.9 Å². The number of rotatable bonds is 10. The number of methoxy groups -OCH3 is 1. The van der Waals surface area contributed by atoms with Crippen molar-refractivity contribution in [2.45, 2.75) is 58.0 Å². The zero-order valence-corrected chi connectivity index (χ0v) is 23.8. The molecule has 1 unspecified atom stereocenters. The number of hydrogen-bond donors (Lipinski definition) is 3. The first-order valence-electron chi connectivity index (χ1n) is 13.3. The number of nitrogen functional groups attached to an aromatic ring is 1. The Bertz CT molecular complexity index is 1370. The maximum absolute atomic E-state index is 14.4. The fourth-order valence-electron chi connectivity index (χ4n) is 4.95. The molecule has 0 bridgehead atoms. The Morgan fingerprint density at radius 2 is 1.82 bits per heavy atom. The van der Waals surface area contributed by atoms with E-state index in [1.807, 2.05) is 19.9 Å². The Morgan fingerprint density at radius 1 is 1.12 bits per heavy atom. The third-order valence-corrected chi connectivity index (χ3v) is 7.78. The summed E-state index contributed by atoms with van der Waals surface area (Å²) in [6.07, 6.45) is 4.92. The van der Waals surface area contributed by atoms with Crippen LogP contribution in [-0.2, 0) is 4.79 Å². The maximum atomic E-state index is 14.4. The number of primary amides is 1. The van der Waals surface area contributed by atoms with Crippen LogP contribution in [0.25, 0.3) is 0 Å². The summed E-state index contributed by atoms with van der Waals surface area (Å²) in [5.74, 6) is -0.763. The molecule has 1 aliphatic rings. The first-order valence-corrected chi connectivity index (χ1v) is 14.1. The van der Waals surface area contributed by atoms with E-state index in [0.717, 1.165) is 49.2 Å². The molecular weight excluding hydrogens is 530 g/mol. The van der Waals surface area contributed by atoms with Gasteiger partial charge < -0.3 is 26.3 Å². The number of nitrogens with zero attached hydrogens (tertiary/aromatic N) is 2. The number of benzene rings is 2. The molecule has 3 amide bonds. The van der Waals surface area contributed by atoms with Crippen molar-refractivity contribution >= 4 is 40.6 Å². The lowest BCUT2D eigenvalue weighted by atomic mass is 9.94. The van der Waals surface area contributed by atoms with Gasteiger partial charge in [-0.25, -0.2) is 0 Å². The van der Waals surface area contributed by atoms with E-state index < -0.39 is 17.9 Å². The molecule has 1 atom stereocenters. The van der Waals surface area contributed by atoms with Gasteiger partial charge >= 0.3 is 0 Å². The lowest BCUT2D eigenvalue weighted by Gasteiger charge is -2.34. The van der Waals surface area contributed by atoms with E-state index in [1.165, 1.54) is 12.0 Å². The minimum atomic E-state index is -1.10. The molecule has 4 rings (SSSR count). The van der Waals surface area contributed by atoms with Gasteiger partial charge in [0, 0.05) is 6.04 Å². The molecule has 0 aliphatic heterocycles. The maximum Gasteiger partial charge on any atom is 0.273 e. The van der Waals surface area contributed by atoms with Gasteiger partial charge in [-0.05, 0) is 73.6 Å². The molecule has 212 valence electrons. The summed E-state index contributed by atoms with van der Waals surface area (Å²) in [4.78, 5) is 41.8. The smallest absolute Gasteiger partial charge is 0.273 e. The van der Waals surface area contributed by atoms with Gasteiger partial charge in [0.1, 0.15) is 22.4 Å². The number of carbonyl (C=O) groups excluding carboxylic acids is 3. The Morgan fingerprint density at radius 3 is 2.42 bits per heavy atom. The monoisotopic (exact) mass is 565 g/mol. The number of nitrogens with one attached hydrogen (secondary N) is 1. The predicted molar refractivity (Wildman–Crippen MR) is 155 cm³/mol. The highest BCUT2D eigenvalue weighted by molar-refractivity contribution is 7.09. The molecular formula is C29H35N5O5S. The summed E-state index contributed by atoms with van der Waals surface area (Å²) in [6.45, 7) is 4.26. The molecule has 3 aromatic rings. The van der Waals surface area contributed by atoms with Crippen molar-refractivity contribution in [3.63, 3.8) is 0 Å². The standard InChI is InChI=1S/C29H35N5O5S/c1-4-39-20-13-11-18(12-14-20)25(28(36)32-19-8-6-5-7-9-19)34(21-16-17(2)10-15-22(21)38-3)29(37)26-23(30)24(27(31)35)33-40-26/h10-16,19,25H,4-9,30H2,1-3H3,(H2,31,35)(H,32,36). The summed E-state index contributed by atoms with van der Waals surface area (Å²) < 4.78 is 15.3. The third kappa shape index (κ3) is 6.20. The largest absolute Gasteiger partial charge is 0.495 e. The molecule has 0 spiro atoms. The SMILES string of the molecule is CCOc1ccc(C(C(=O)NC2CCCCC2)N(C(=O)c2snc(C(N)=O)c2N)c2cc(C)ccc2OC)cc1. The highest BCUT2D eigenvalue weighted by Gasteiger charge is 2.38. The molecule has 2 aromatic carbocycles. The van der Waals surface area contributed by atoms with Crippen LogP contribution >= 0.6 is 11.5 Å². The van der Waals surface area contributed by atoms with Crippen LogP contribution in [0.2, 0.25) is 0 Å². The van der Waals surface area contributed by atoms with Gasteiger partial charge in [-0.1, -0.05) is 37.5 Å². The fourth-order valence-corrected chi connectivity index (χ4v) is 5.69. The summed E-state index contributed by atoms with van der Waals surface area (Å²) >= 11 is 0.763. The lowest BCUT2D eigenvalue weighted by Crippen LogP contribution is -2.47. The van der Waals surface area contributed by atoms with Crippen LogP contribution in [0.15, 0.2) is 42.5 Å². The topological polar surface area (TPSA) is 150 Å². The van der Waals surface area contributed by atoms with E-state index in [0.29, 0.717) is 29.4 Å². The minimum Gasteiger partial charge on any atom is -0.495 e. The van der Waals surface area contributed by atoms with Gasteiger partial charge in [-0.15, -0.1) is 0 Å². The zero-order valence-electron chi connectivity index (χ0n) is 22.9. The Labute approximate surface area is 237 Å². The van der Waals surface area contributed by atoms with Crippen molar-refractivity contribution in [3.05, 3.63) is 64.2 Å². The average molecular weight is 566 g/mol. The zero-order chi connectivity index (χ0) is 28.8. The quantitative estimate of drug-likeness (QED) is 0.330. The van der Waals surface area contributed by atoms with E-state index in [-0.39, 0.29) is 28.2 Å². The van der Waals surface area contributed by atoms with Gasteiger partial charge in [-0.3, -0.25) is 19.3 Å². The lowest BCUT2D eigenvalue weighted by molar-refractivity contribution is -0.123. The fraction of sp³-hybridized carbons (Fsp3) is 0.379. The van der Waals surface area contributed by atoms with Crippen LogP contribution in [0.4, 0.5) is 11.4 Å². The van der Waals surface area contributed by atoms with Gasteiger partial charge in [-0.2, -0.15) is 4.37 Å². The molecule has 11 heteroatoms. The van der Waals surface area contributed by atoms with Crippen molar-refractivity contribution in [3.8, 4) is 11.5 Å². The molecule has 0 radical (unpaired) electrons. The average Bonchev–Trinajstić information content (AvgIpc) is 3.34. The van der Waals surface area contributed by atoms with E-state index in [4.69, 9.17) is 20.9 Å². The number of amides is 3. The second kappa shape index (κ2) is 12.8. The highest BCUT2D eigenvalue weighted by atomic mass is 32.1. The highest BCUT2D eigenvalue weighted by Crippen LogP contribution is 2.39. The van der Waals surface area contributed by atoms with Crippen molar-refractivity contribution in [1.82, 2.24) is 9.69 Å². The van der Waals surface area contributed by atoms with Gasteiger partial charge in [0.15, 0.2) is 5.69 Å². The number of ether oxygens (including phenoxy) is 2. The first kappa shape index (κ1) is 28.9. The van der Waals surface area contributed by atoms with Crippen molar-refractivity contribution in [1.29, 1.82) is 0 Å². The van der Waals surface area contributed by atoms with Crippen LogP contribution in [0.3, 0.4) is 0 Å². The van der Waals surface area contributed by atoms with E-state index in [1.54, 1.807) is 36.4 Å². The van der Waals surface area contributed by atoms with Gasteiger partial charge in [0.25, 0.3) is 11.8 Å². The molecule has 1 saturated carbocycles. The van der Waals surface area contributed by atoms with E-state index in [2.05, 4.69) is 9.69 Å². The number of carbonyl (C=O) groups is 3. The van der Waals surface area contributed by atoms with Crippen LogP contribution in [0.5, 0.6) is 11.5 Å². The van der Waals surface area contributed by atoms with Crippen molar-refractivity contribution in [2.24, 2.45) is 5.73 Å². The number of hydrogen-bond acceptors (Lipinski definition) is 8. The predicted octanol–water partition coefficient (Wildman–Crippen LogP) is 4.38. The summed E-state index contributed by atoms with van der Waals surface area (Å²) in [6, 6.07) is 11.3. The van der Waals surface area contributed by atoms with E-state index >= 15 is 0 Å². The molecule has 1 aliphatic carbocycles. The van der Waals surface area contributed by atoms with E-state index in [9.17, 15) is 14.4 Å². The Hall–Kier alpha value is -4.12. The summed E-state index contributed by atoms with van der Waals surface area (Å²) in [5.41, 5.74) is 13.1. The van der Waals surface area contributed by atoms with Crippen molar-refractivity contribution in [2.75, 3.05) is 24.4 Å². The molecule has 10 nitrogen and oxygen atoms in total. The van der Waals surface area contributed by atoms with Crippen molar-refractivity contribution < 1.29 is 23.9 Å². The molecule has 1 fully saturated rings.